The molecular formula is C59H99NO10. The van der Waals surface area contributed by atoms with Crippen molar-refractivity contribution < 1.29 is 49.3 Å². The van der Waals surface area contributed by atoms with E-state index >= 15 is 0 Å². The molecule has 0 bridgehead atoms. The number of carbonyl (C=O) groups excluding carboxylic acids is 2. The molecule has 1 saturated heterocycles. The van der Waals surface area contributed by atoms with Gasteiger partial charge in [-0.3, -0.25) is 9.59 Å². The number of allylic oxidation sites excluding steroid dienone is 15. The van der Waals surface area contributed by atoms with Gasteiger partial charge < -0.3 is 45.1 Å². The first kappa shape index (κ1) is 64.6. The smallest absolute Gasteiger partial charge is 0.306 e. The summed E-state index contributed by atoms with van der Waals surface area (Å²) in [6.07, 6.45) is 50.3. The van der Waals surface area contributed by atoms with Crippen LogP contribution in [0.25, 0.3) is 0 Å². The molecule has 0 radical (unpaired) electrons. The van der Waals surface area contributed by atoms with Gasteiger partial charge in [-0.05, 0) is 83.5 Å². The van der Waals surface area contributed by atoms with Gasteiger partial charge >= 0.3 is 5.97 Å². The Morgan fingerprint density at radius 1 is 0.586 bits per heavy atom. The minimum atomic E-state index is -1.64. The van der Waals surface area contributed by atoms with E-state index in [1.165, 1.54) is 64.2 Å². The Hall–Kier alpha value is -3.42. The van der Waals surface area contributed by atoms with Crippen molar-refractivity contribution in [1.82, 2.24) is 5.32 Å². The van der Waals surface area contributed by atoms with Crippen LogP contribution in [0, 0.1) is 0 Å². The van der Waals surface area contributed by atoms with Crippen molar-refractivity contribution in [3.63, 3.8) is 0 Å². The number of amides is 1. The third kappa shape index (κ3) is 34.8. The SMILES string of the molecule is CC/C=C/C=C/C=C\CCCCCCC(O)C(=O)NC(COC1OC(CO)C(O)C(O)C1OC(=O)CCC/C=C\C/C=C\C/C=C\C/C=C\CCCCC)C(O)/C=C/CCCCCCCCCCCC. The van der Waals surface area contributed by atoms with Gasteiger partial charge in [0.2, 0.25) is 5.91 Å². The van der Waals surface area contributed by atoms with Crippen molar-refractivity contribution in [3.05, 3.63) is 97.2 Å². The summed E-state index contributed by atoms with van der Waals surface area (Å²) in [7, 11) is 0. The first-order valence-corrected chi connectivity index (χ1v) is 27.5. The monoisotopic (exact) mass is 982 g/mol. The van der Waals surface area contributed by atoms with Crippen LogP contribution in [0.1, 0.15) is 201 Å². The van der Waals surface area contributed by atoms with Gasteiger partial charge in [0.15, 0.2) is 12.4 Å². The molecule has 1 aliphatic rings. The molecule has 8 atom stereocenters. The number of unbranched alkanes of at least 4 members (excludes halogenated alkanes) is 18. The molecule has 1 amide bonds. The Morgan fingerprint density at radius 2 is 1.09 bits per heavy atom. The fourth-order valence-corrected chi connectivity index (χ4v) is 7.88. The van der Waals surface area contributed by atoms with Gasteiger partial charge in [-0.25, -0.2) is 0 Å². The molecule has 1 aliphatic heterocycles. The van der Waals surface area contributed by atoms with Crippen LogP contribution in [-0.4, -0.2) is 99.6 Å². The highest BCUT2D eigenvalue weighted by Gasteiger charge is 2.47. The van der Waals surface area contributed by atoms with E-state index in [0.29, 0.717) is 19.3 Å². The molecule has 0 aliphatic carbocycles. The molecule has 11 heteroatoms. The molecule has 1 fully saturated rings. The van der Waals surface area contributed by atoms with Gasteiger partial charge in [0, 0.05) is 6.42 Å². The van der Waals surface area contributed by atoms with Crippen molar-refractivity contribution in [3.8, 4) is 0 Å². The lowest BCUT2D eigenvalue weighted by Crippen LogP contribution is -2.61. The standard InChI is InChI=1S/C59H99NO10/c1-4-7-10-13-16-19-22-25-26-27-28-29-32-35-38-41-44-47-54(64)70-57-56(66)55(65)53(48-61)69-59(57)68-49-50(51(62)45-42-39-36-33-30-23-20-17-14-11-8-5-2)60-58(67)52(63)46-43-40-37-34-31-24-21-18-15-12-9-6-3/h9,12,15-16,18-19,21,24-26,28-29,35,38,42,45,50-53,55-57,59,61-63,65-66H,4-8,10-11,13-14,17,20,22-23,27,30-34,36-37,39-41,43-44,46-49H2,1-3H3,(H,60,67)/b12-9+,18-15+,19-16-,24-21-,26-25-,29-28-,38-35-,45-42+. The quantitative estimate of drug-likeness (QED) is 0.0149. The molecule has 1 heterocycles. The average molecular weight is 982 g/mol. The van der Waals surface area contributed by atoms with E-state index in [0.717, 1.165) is 83.5 Å². The van der Waals surface area contributed by atoms with E-state index in [2.05, 4.69) is 74.7 Å². The molecule has 0 aromatic carbocycles. The first-order valence-electron chi connectivity index (χ1n) is 27.5. The van der Waals surface area contributed by atoms with Crippen molar-refractivity contribution in [2.24, 2.45) is 0 Å². The molecule has 0 saturated carbocycles. The zero-order valence-corrected chi connectivity index (χ0v) is 43.8. The Morgan fingerprint density at radius 3 is 1.69 bits per heavy atom. The first-order chi connectivity index (χ1) is 34.2. The van der Waals surface area contributed by atoms with Gasteiger partial charge in [-0.1, -0.05) is 208 Å². The second kappa shape index (κ2) is 46.6. The zero-order chi connectivity index (χ0) is 51.1. The largest absolute Gasteiger partial charge is 0.454 e. The van der Waals surface area contributed by atoms with Crippen LogP contribution in [0.3, 0.4) is 0 Å². The minimum Gasteiger partial charge on any atom is -0.454 e. The second-order valence-electron chi connectivity index (χ2n) is 18.6. The summed E-state index contributed by atoms with van der Waals surface area (Å²) >= 11 is 0. The van der Waals surface area contributed by atoms with Crippen LogP contribution in [0.4, 0.5) is 0 Å². The molecule has 0 aromatic heterocycles. The van der Waals surface area contributed by atoms with E-state index < -0.39 is 67.4 Å². The fourth-order valence-electron chi connectivity index (χ4n) is 7.88. The van der Waals surface area contributed by atoms with E-state index in [9.17, 15) is 35.1 Å². The van der Waals surface area contributed by atoms with Crippen LogP contribution < -0.4 is 5.32 Å². The Labute approximate surface area is 425 Å². The molecule has 8 unspecified atom stereocenters. The summed E-state index contributed by atoms with van der Waals surface area (Å²) in [6.45, 7) is 5.54. The predicted octanol–water partition coefficient (Wildman–Crippen LogP) is 12.0. The van der Waals surface area contributed by atoms with Gasteiger partial charge in [0.25, 0.3) is 0 Å². The van der Waals surface area contributed by atoms with Gasteiger partial charge in [-0.15, -0.1) is 0 Å². The topological polar surface area (TPSA) is 175 Å². The van der Waals surface area contributed by atoms with Crippen molar-refractivity contribution in [2.75, 3.05) is 13.2 Å². The highest BCUT2D eigenvalue weighted by Crippen LogP contribution is 2.26. The number of aliphatic hydroxyl groups is 5. The maximum atomic E-state index is 13.3. The van der Waals surface area contributed by atoms with Crippen molar-refractivity contribution in [2.45, 2.75) is 250 Å². The molecule has 0 aromatic rings. The number of hydrogen-bond donors (Lipinski definition) is 6. The van der Waals surface area contributed by atoms with Crippen LogP contribution in [0.15, 0.2) is 97.2 Å². The van der Waals surface area contributed by atoms with Gasteiger partial charge in [0.1, 0.15) is 24.4 Å². The highest BCUT2D eigenvalue weighted by atomic mass is 16.7. The number of hydrogen-bond acceptors (Lipinski definition) is 10. The molecule has 1 rings (SSSR count). The molecule has 6 N–H and O–H groups in total. The highest BCUT2D eigenvalue weighted by molar-refractivity contribution is 5.80. The number of rotatable bonds is 44. The van der Waals surface area contributed by atoms with E-state index in [1.54, 1.807) is 6.08 Å². The van der Waals surface area contributed by atoms with Gasteiger partial charge in [-0.2, -0.15) is 0 Å². The summed E-state index contributed by atoms with van der Waals surface area (Å²) in [6, 6.07) is -1.05. The minimum absolute atomic E-state index is 0.0401. The van der Waals surface area contributed by atoms with Crippen molar-refractivity contribution >= 4 is 11.9 Å². The van der Waals surface area contributed by atoms with E-state index in [-0.39, 0.29) is 19.4 Å². The molecule has 70 heavy (non-hydrogen) atoms. The molecule has 11 nitrogen and oxygen atoms in total. The van der Waals surface area contributed by atoms with Crippen LogP contribution in [0.5, 0.6) is 0 Å². The number of nitrogens with one attached hydrogen (secondary N) is 1. The maximum absolute atomic E-state index is 13.3. The lowest BCUT2D eigenvalue weighted by Gasteiger charge is -2.41. The Bertz CT molecular complexity index is 1500. The summed E-state index contributed by atoms with van der Waals surface area (Å²) in [5.74, 6) is -1.29. The van der Waals surface area contributed by atoms with Crippen molar-refractivity contribution in [1.29, 1.82) is 0 Å². The van der Waals surface area contributed by atoms with Crippen LogP contribution >= 0.6 is 0 Å². The molecule has 0 spiro atoms. The second-order valence-corrected chi connectivity index (χ2v) is 18.6. The van der Waals surface area contributed by atoms with Crippen LogP contribution in [-0.2, 0) is 23.8 Å². The summed E-state index contributed by atoms with van der Waals surface area (Å²) in [5.41, 5.74) is 0. The summed E-state index contributed by atoms with van der Waals surface area (Å²) in [5, 5.41) is 56.6. The summed E-state index contributed by atoms with van der Waals surface area (Å²) < 4.78 is 17.5. The number of aliphatic hydroxyl groups excluding tert-OH is 5. The molecule has 400 valence electrons. The third-order valence-corrected chi connectivity index (χ3v) is 12.3. The van der Waals surface area contributed by atoms with Gasteiger partial charge in [0.05, 0.1) is 25.4 Å². The fraction of sp³-hybridized carbons (Fsp3) is 0.695. The third-order valence-electron chi connectivity index (χ3n) is 12.3. The molecular weight excluding hydrogens is 883 g/mol. The number of ether oxygens (including phenoxy) is 3. The Balaban J connectivity index is 2.80. The predicted molar refractivity (Wildman–Crippen MR) is 287 cm³/mol. The van der Waals surface area contributed by atoms with Crippen LogP contribution in [0.2, 0.25) is 0 Å². The number of carbonyl (C=O) groups is 2. The normalized spacial score (nSPS) is 20.5. The lowest BCUT2D eigenvalue weighted by atomic mass is 9.99. The maximum Gasteiger partial charge on any atom is 0.306 e. The average Bonchev–Trinajstić information content (AvgIpc) is 3.36. The van der Waals surface area contributed by atoms with E-state index in [4.69, 9.17) is 14.2 Å². The van der Waals surface area contributed by atoms with E-state index in [1.807, 2.05) is 42.5 Å². The Kier molecular flexibility index (Phi) is 43.0. The summed E-state index contributed by atoms with van der Waals surface area (Å²) in [4.78, 5) is 26.4. The zero-order valence-electron chi connectivity index (χ0n) is 43.8. The lowest BCUT2D eigenvalue weighted by molar-refractivity contribution is -0.305. The number of esters is 1.